The van der Waals surface area contributed by atoms with Crippen molar-refractivity contribution in [1.82, 2.24) is 0 Å². The van der Waals surface area contributed by atoms with Crippen molar-refractivity contribution in [3.05, 3.63) is 23.3 Å². The molecular formula is C23H34O9. The molecule has 3 aliphatic carbocycles. The van der Waals surface area contributed by atoms with Gasteiger partial charge < -0.3 is 20.4 Å². The molecule has 0 aromatic carbocycles. The van der Waals surface area contributed by atoms with Crippen molar-refractivity contribution >= 4 is 29.5 Å². The number of allylic oxidation sites excluding steroid dienone is 2. The minimum absolute atomic E-state index is 0.0661. The van der Waals surface area contributed by atoms with E-state index >= 15 is 0 Å². The lowest BCUT2D eigenvalue weighted by Gasteiger charge is -2.21. The number of carbonyl (C=O) groups excluding carboxylic acids is 2. The second-order valence-corrected chi connectivity index (χ2v) is 7.44. The summed E-state index contributed by atoms with van der Waals surface area (Å²) < 4.78 is 0. The maximum atomic E-state index is 10.6. The summed E-state index contributed by atoms with van der Waals surface area (Å²) in [6.07, 6.45) is 8.26. The quantitative estimate of drug-likeness (QED) is 0.501. The Bertz CT molecular complexity index is 688. The van der Waals surface area contributed by atoms with Crippen molar-refractivity contribution in [2.75, 3.05) is 0 Å². The van der Waals surface area contributed by atoms with Crippen LogP contribution < -0.4 is 0 Å². The van der Waals surface area contributed by atoms with E-state index in [9.17, 15) is 24.0 Å². The molecule has 9 heteroatoms. The Labute approximate surface area is 187 Å². The summed E-state index contributed by atoms with van der Waals surface area (Å²) in [5.41, 5.74) is 0.493. The standard InChI is InChI=1S/C7H12O3.2C7H8O3.C2H6/c3*8-6-3-1-2-5(4-6)7(9)10;1-2/h5-6,8H,1-4H2,(H,9,10);2*4H,1-3H2,(H,9,10);1-2H3/t5-,6-;;;/m0.../s1. The molecule has 0 radical (unpaired) electrons. The third-order valence-electron chi connectivity index (χ3n) is 4.95. The largest absolute Gasteiger partial charge is 0.481 e. The molecule has 0 bridgehead atoms. The van der Waals surface area contributed by atoms with Crippen molar-refractivity contribution in [3.8, 4) is 0 Å². The van der Waals surface area contributed by atoms with Crippen LogP contribution in [0.15, 0.2) is 23.3 Å². The normalized spacial score (nSPS) is 22.2. The van der Waals surface area contributed by atoms with Gasteiger partial charge in [0.25, 0.3) is 0 Å². The Morgan fingerprint density at radius 3 is 1.44 bits per heavy atom. The van der Waals surface area contributed by atoms with Crippen LogP contribution in [0.5, 0.6) is 0 Å². The Morgan fingerprint density at radius 2 is 1.19 bits per heavy atom. The topological polar surface area (TPSA) is 166 Å². The highest BCUT2D eigenvalue weighted by molar-refractivity contribution is 6.00. The Hall–Kier alpha value is -2.81. The number of carbonyl (C=O) groups is 5. The molecule has 180 valence electrons. The minimum Gasteiger partial charge on any atom is -0.481 e. The van der Waals surface area contributed by atoms with E-state index < -0.39 is 17.9 Å². The number of carboxylic acid groups (broad SMARTS) is 3. The number of aliphatic hydroxyl groups is 1. The van der Waals surface area contributed by atoms with E-state index in [4.69, 9.17) is 20.4 Å². The van der Waals surface area contributed by atoms with E-state index in [1.807, 2.05) is 13.8 Å². The molecule has 0 saturated heterocycles. The van der Waals surface area contributed by atoms with Gasteiger partial charge in [-0.25, -0.2) is 9.59 Å². The molecule has 0 aromatic heterocycles. The molecule has 0 heterocycles. The first-order valence-electron chi connectivity index (χ1n) is 10.9. The van der Waals surface area contributed by atoms with Gasteiger partial charge in [0.15, 0.2) is 11.6 Å². The second-order valence-electron chi connectivity index (χ2n) is 7.44. The maximum absolute atomic E-state index is 10.6. The summed E-state index contributed by atoms with van der Waals surface area (Å²) >= 11 is 0. The Balaban J connectivity index is 0.000000433. The maximum Gasteiger partial charge on any atom is 0.331 e. The number of carboxylic acids is 3. The molecule has 0 spiro atoms. The second kappa shape index (κ2) is 15.9. The third kappa shape index (κ3) is 12.1. The number of hydrogen-bond acceptors (Lipinski definition) is 6. The van der Waals surface area contributed by atoms with Gasteiger partial charge in [-0.15, -0.1) is 0 Å². The van der Waals surface area contributed by atoms with E-state index in [1.165, 1.54) is 12.2 Å². The molecule has 32 heavy (non-hydrogen) atoms. The van der Waals surface area contributed by atoms with Crippen LogP contribution in [0.3, 0.4) is 0 Å². The van der Waals surface area contributed by atoms with E-state index in [0.717, 1.165) is 19.3 Å². The molecule has 9 nitrogen and oxygen atoms in total. The van der Waals surface area contributed by atoms with Gasteiger partial charge in [0.1, 0.15) is 0 Å². The molecule has 1 saturated carbocycles. The van der Waals surface area contributed by atoms with E-state index in [-0.39, 0.29) is 34.7 Å². The van der Waals surface area contributed by atoms with Crippen LogP contribution in [-0.2, 0) is 24.0 Å². The summed E-state index contributed by atoms with van der Waals surface area (Å²) in [4.78, 5) is 52.2. The van der Waals surface area contributed by atoms with Crippen molar-refractivity contribution < 1.29 is 44.4 Å². The van der Waals surface area contributed by atoms with Gasteiger partial charge in [-0.3, -0.25) is 14.4 Å². The van der Waals surface area contributed by atoms with E-state index in [1.54, 1.807) is 0 Å². The highest BCUT2D eigenvalue weighted by Gasteiger charge is 2.25. The summed E-state index contributed by atoms with van der Waals surface area (Å²) in [7, 11) is 0. The summed E-state index contributed by atoms with van der Waals surface area (Å²) in [5, 5.41) is 34.5. The van der Waals surface area contributed by atoms with Crippen LogP contribution in [0, 0.1) is 5.92 Å². The molecule has 0 aliphatic heterocycles. The summed E-state index contributed by atoms with van der Waals surface area (Å²) in [6.45, 7) is 4.00. The number of hydrogen-bond donors (Lipinski definition) is 4. The fourth-order valence-corrected chi connectivity index (χ4v) is 3.31. The molecule has 3 rings (SSSR count). The van der Waals surface area contributed by atoms with Crippen LogP contribution in [0.2, 0.25) is 0 Å². The molecule has 0 aromatic rings. The highest BCUT2D eigenvalue weighted by Crippen LogP contribution is 2.23. The van der Waals surface area contributed by atoms with Crippen molar-refractivity contribution in [3.63, 3.8) is 0 Å². The van der Waals surface area contributed by atoms with Gasteiger partial charge in [-0.1, -0.05) is 20.3 Å². The Kier molecular flexibility index (Phi) is 14.5. The van der Waals surface area contributed by atoms with Crippen LogP contribution in [0.4, 0.5) is 0 Å². The van der Waals surface area contributed by atoms with Gasteiger partial charge in [-0.2, -0.15) is 0 Å². The number of rotatable bonds is 3. The SMILES string of the molecule is CC.O=C(O)[C@H]1CCC[C@H](O)C1.O=C1C=C(C(=O)O)CCC1.O=C1C=C(C(=O)O)CCC1. The fraction of sp³-hybridized carbons (Fsp3) is 0.609. The smallest absolute Gasteiger partial charge is 0.331 e. The third-order valence-corrected chi connectivity index (χ3v) is 4.95. The predicted molar refractivity (Wildman–Crippen MR) is 116 cm³/mol. The molecule has 0 unspecified atom stereocenters. The molecule has 3 aliphatic rings. The predicted octanol–water partition coefficient (Wildman–Crippen LogP) is 3.15. The monoisotopic (exact) mass is 454 g/mol. The zero-order chi connectivity index (χ0) is 24.7. The van der Waals surface area contributed by atoms with Gasteiger partial charge in [0.05, 0.1) is 12.0 Å². The van der Waals surface area contributed by atoms with Gasteiger partial charge in [0.2, 0.25) is 0 Å². The first kappa shape index (κ1) is 29.2. The van der Waals surface area contributed by atoms with Crippen LogP contribution in [0.25, 0.3) is 0 Å². The summed E-state index contributed by atoms with van der Waals surface area (Å²) in [6, 6.07) is 0. The van der Waals surface area contributed by atoms with Gasteiger partial charge in [-0.05, 0) is 57.1 Å². The van der Waals surface area contributed by atoms with E-state index in [2.05, 4.69) is 0 Å². The highest BCUT2D eigenvalue weighted by atomic mass is 16.4. The molecule has 1 fully saturated rings. The zero-order valence-electron chi connectivity index (χ0n) is 18.7. The number of aliphatic hydroxyl groups excluding tert-OH is 1. The lowest BCUT2D eigenvalue weighted by Crippen LogP contribution is -2.25. The average molecular weight is 455 g/mol. The lowest BCUT2D eigenvalue weighted by molar-refractivity contribution is -0.144. The molecule has 4 N–H and O–H groups in total. The van der Waals surface area contributed by atoms with Crippen molar-refractivity contribution in [2.45, 2.75) is 84.2 Å². The molecule has 0 amide bonds. The number of aliphatic carboxylic acids is 3. The first-order chi connectivity index (χ1) is 15.1. The zero-order valence-corrected chi connectivity index (χ0v) is 18.7. The summed E-state index contributed by atoms with van der Waals surface area (Å²) in [5.74, 6) is -3.13. The molecular weight excluding hydrogens is 420 g/mol. The van der Waals surface area contributed by atoms with Crippen molar-refractivity contribution in [2.24, 2.45) is 5.92 Å². The Morgan fingerprint density at radius 1 is 0.750 bits per heavy atom. The lowest BCUT2D eigenvalue weighted by atomic mass is 9.87. The fourth-order valence-electron chi connectivity index (χ4n) is 3.31. The average Bonchev–Trinajstić information content (AvgIpc) is 2.76. The van der Waals surface area contributed by atoms with Gasteiger partial charge in [0, 0.05) is 24.0 Å². The van der Waals surface area contributed by atoms with Gasteiger partial charge >= 0.3 is 17.9 Å². The minimum atomic E-state index is -0.965. The van der Waals surface area contributed by atoms with E-state index in [0.29, 0.717) is 44.9 Å². The first-order valence-corrected chi connectivity index (χ1v) is 10.9. The molecule has 2 atom stereocenters. The van der Waals surface area contributed by atoms with Crippen LogP contribution in [-0.4, -0.2) is 56.0 Å². The van der Waals surface area contributed by atoms with Crippen LogP contribution in [0.1, 0.15) is 78.1 Å². The number of ketones is 2. The van der Waals surface area contributed by atoms with Crippen molar-refractivity contribution in [1.29, 1.82) is 0 Å². The van der Waals surface area contributed by atoms with Crippen LogP contribution >= 0.6 is 0 Å².